The summed E-state index contributed by atoms with van der Waals surface area (Å²) in [5, 5.41) is 11.1. The van der Waals surface area contributed by atoms with Crippen molar-refractivity contribution >= 4 is 34.8 Å². The molecule has 0 amide bonds. The fourth-order valence-corrected chi connectivity index (χ4v) is 2.10. The van der Waals surface area contributed by atoms with Crippen LogP contribution in [-0.2, 0) is 0 Å². The Morgan fingerprint density at radius 1 is 0.750 bits per heavy atom. The van der Waals surface area contributed by atoms with Crippen LogP contribution >= 0.6 is 34.8 Å². The normalized spacial score (nSPS) is 10.4. The van der Waals surface area contributed by atoms with Crippen LogP contribution in [0.5, 0.6) is 5.75 Å². The first-order valence-corrected chi connectivity index (χ1v) is 5.66. The van der Waals surface area contributed by atoms with Gasteiger partial charge in [0.15, 0.2) is 0 Å². The van der Waals surface area contributed by atoms with Crippen molar-refractivity contribution in [2.75, 3.05) is 0 Å². The van der Waals surface area contributed by atoms with E-state index in [-0.39, 0.29) is 10.8 Å². The van der Waals surface area contributed by atoms with Crippen LogP contribution in [-0.4, -0.2) is 5.11 Å². The lowest BCUT2D eigenvalue weighted by molar-refractivity contribution is 0.477. The number of phenolic OH excluding ortho intramolecular Hbond substituents is 1. The van der Waals surface area contributed by atoms with Gasteiger partial charge in [0.25, 0.3) is 0 Å². The van der Waals surface area contributed by atoms with Crippen LogP contribution in [0, 0.1) is 0 Å². The van der Waals surface area contributed by atoms with E-state index in [2.05, 4.69) is 0 Å². The Kier molecular flexibility index (Phi) is 3.29. The second kappa shape index (κ2) is 4.54. The van der Waals surface area contributed by atoms with Crippen LogP contribution in [0.4, 0.5) is 0 Å². The summed E-state index contributed by atoms with van der Waals surface area (Å²) >= 11 is 17.9. The Morgan fingerprint density at radius 2 is 1.38 bits per heavy atom. The molecule has 0 aliphatic heterocycles. The number of aromatic hydroxyl groups is 1. The maximum atomic E-state index is 9.88. The standard InChI is InChI=1S/C12H7Cl3O/c13-8-4-2-1-3-7(8)11-9(14)5-6-10(15)12(11)16/h1-6,16H. The topological polar surface area (TPSA) is 20.2 Å². The number of hydrogen-bond acceptors (Lipinski definition) is 1. The van der Waals surface area contributed by atoms with Gasteiger partial charge in [0, 0.05) is 16.1 Å². The van der Waals surface area contributed by atoms with Crippen molar-refractivity contribution in [1.82, 2.24) is 0 Å². The van der Waals surface area contributed by atoms with E-state index in [9.17, 15) is 5.11 Å². The minimum absolute atomic E-state index is 0.0535. The van der Waals surface area contributed by atoms with Crippen LogP contribution < -0.4 is 0 Å². The Balaban J connectivity index is 2.74. The number of halogens is 3. The minimum Gasteiger partial charge on any atom is -0.506 e. The molecule has 2 rings (SSSR count). The molecular weight excluding hydrogens is 266 g/mol. The van der Waals surface area contributed by atoms with E-state index in [1.807, 2.05) is 6.07 Å². The van der Waals surface area contributed by atoms with Crippen molar-refractivity contribution in [2.45, 2.75) is 0 Å². The zero-order valence-corrected chi connectivity index (χ0v) is 10.3. The van der Waals surface area contributed by atoms with Crippen molar-refractivity contribution in [1.29, 1.82) is 0 Å². The highest BCUT2D eigenvalue weighted by Gasteiger charge is 2.14. The van der Waals surface area contributed by atoms with Crippen molar-refractivity contribution in [3.63, 3.8) is 0 Å². The zero-order chi connectivity index (χ0) is 11.7. The van der Waals surface area contributed by atoms with Gasteiger partial charge in [-0.25, -0.2) is 0 Å². The molecular formula is C12H7Cl3O. The third-order valence-corrected chi connectivity index (χ3v) is 3.17. The van der Waals surface area contributed by atoms with E-state index in [0.29, 0.717) is 21.2 Å². The SMILES string of the molecule is Oc1c(Cl)ccc(Cl)c1-c1ccccc1Cl. The summed E-state index contributed by atoms with van der Waals surface area (Å²) in [5.41, 5.74) is 1.12. The van der Waals surface area contributed by atoms with E-state index in [1.165, 1.54) is 0 Å². The molecule has 1 nitrogen and oxygen atoms in total. The van der Waals surface area contributed by atoms with Gasteiger partial charge in [-0.1, -0.05) is 53.0 Å². The van der Waals surface area contributed by atoms with Gasteiger partial charge >= 0.3 is 0 Å². The van der Waals surface area contributed by atoms with Crippen molar-refractivity contribution in [3.05, 3.63) is 51.5 Å². The highest BCUT2D eigenvalue weighted by atomic mass is 35.5. The van der Waals surface area contributed by atoms with Gasteiger partial charge in [-0.3, -0.25) is 0 Å². The van der Waals surface area contributed by atoms with Crippen molar-refractivity contribution in [3.8, 4) is 16.9 Å². The molecule has 2 aromatic carbocycles. The summed E-state index contributed by atoms with van der Waals surface area (Å²) < 4.78 is 0. The van der Waals surface area contributed by atoms with Gasteiger partial charge in [0.1, 0.15) is 5.75 Å². The minimum atomic E-state index is -0.0535. The monoisotopic (exact) mass is 272 g/mol. The molecule has 0 aliphatic carbocycles. The van der Waals surface area contributed by atoms with E-state index in [0.717, 1.165) is 0 Å². The predicted octanol–water partition coefficient (Wildman–Crippen LogP) is 5.02. The molecule has 0 saturated carbocycles. The van der Waals surface area contributed by atoms with Crippen LogP contribution in [0.1, 0.15) is 0 Å². The van der Waals surface area contributed by atoms with Gasteiger partial charge in [0.05, 0.1) is 10.0 Å². The number of rotatable bonds is 1. The smallest absolute Gasteiger partial charge is 0.143 e. The second-order valence-electron chi connectivity index (χ2n) is 3.23. The molecule has 82 valence electrons. The molecule has 0 aromatic heterocycles. The molecule has 0 radical (unpaired) electrons. The molecule has 0 fully saturated rings. The molecule has 1 N–H and O–H groups in total. The molecule has 0 aliphatic rings. The highest BCUT2D eigenvalue weighted by molar-refractivity contribution is 6.38. The Labute approximate surface area is 108 Å². The Hall–Kier alpha value is -0.890. The summed E-state index contributed by atoms with van der Waals surface area (Å²) in [4.78, 5) is 0. The first-order valence-electron chi connectivity index (χ1n) is 4.53. The lowest BCUT2D eigenvalue weighted by Gasteiger charge is -2.10. The van der Waals surface area contributed by atoms with Crippen molar-refractivity contribution in [2.24, 2.45) is 0 Å². The summed E-state index contributed by atoms with van der Waals surface area (Å²) in [5.74, 6) is -0.0535. The fraction of sp³-hybridized carbons (Fsp3) is 0. The molecule has 2 aromatic rings. The largest absolute Gasteiger partial charge is 0.506 e. The van der Waals surface area contributed by atoms with Gasteiger partial charge in [-0.15, -0.1) is 0 Å². The third kappa shape index (κ3) is 1.99. The maximum absolute atomic E-state index is 9.88. The first kappa shape index (κ1) is 11.6. The summed E-state index contributed by atoms with van der Waals surface area (Å²) in [6.07, 6.45) is 0. The summed E-state index contributed by atoms with van der Waals surface area (Å²) in [6.45, 7) is 0. The molecule has 0 unspecified atom stereocenters. The quantitative estimate of drug-likeness (QED) is 0.773. The molecule has 0 atom stereocenters. The molecule has 0 heterocycles. The number of hydrogen-bond donors (Lipinski definition) is 1. The van der Waals surface area contributed by atoms with Gasteiger partial charge in [-0.05, 0) is 18.2 Å². The molecule has 16 heavy (non-hydrogen) atoms. The fourth-order valence-electron chi connectivity index (χ4n) is 1.46. The number of benzene rings is 2. The zero-order valence-electron chi connectivity index (χ0n) is 8.05. The first-order chi connectivity index (χ1) is 7.61. The van der Waals surface area contributed by atoms with Gasteiger partial charge in [0.2, 0.25) is 0 Å². The molecule has 0 spiro atoms. The molecule has 0 bridgehead atoms. The Morgan fingerprint density at radius 3 is 2.06 bits per heavy atom. The van der Waals surface area contributed by atoms with Crippen LogP contribution in [0.3, 0.4) is 0 Å². The van der Waals surface area contributed by atoms with E-state index < -0.39 is 0 Å². The molecule has 0 saturated heterocycles. The van der Waals surface area contributed by atoms with Crippen LogP contribution in [0.2, 0.25) is 15.1 Å². The average Bonchev–Trinajstić information content (AvgIpc) is 2.27. The van der Waals surface area contributed by atoms with Crippen LogP contribution in [0.15, 0.2) is 36.4 Å². The second-order valence-corrected chi connectivity index (χ2v) is 4.45. The van der Waals surface area contributed by atoms with E-state index in [1.54, 1.807) is 30.3 Å². The Bertz CT molecular complexity index is 538. The third-order valence-electron chi connectivity index (χ3n) is 2.22. The van der Waals surface area contributed by atoms with Gasteiger partial charge < -0.3 is 5.11 Å². The van der Waals surface area contributed by atoms with Gasteiger partial charge in [-0.2, -0.15) is 0 Å². The number of phenols is 1. The van der Waals surface area contributed by atoms with E-state index >= 15 is 0 Å². The van der Waals surface area contributed by atoms with E-state index in [4.69, 9.17) is 34.8 Å². The summed E-state index contributed by atoms with van der Waals surface area (Å²) in [6, 6.07) is 10.3. The van der Waals surface area contributed by atoms with Crippen molar-refractivity contribution < 1.29 is 5.11 Å². The molecule has 4 heteroatoms. The maximum Gasteiger partial charge on any atom is 0.143 e. The lowest BCUT2D eigenvalue weighted by Crippen LogP contribution is -1.83. The van der Waals surface area contributed by atoms with Crippen LogP contribution in [0.25, 0.3) is 11.1 Å². The highest BCUT2D eigenvalue weighted by Crippen LogP contribution is 2.42. The summed E-state index contributed by atoms with van der Waals surface area (Å²) in [7, 11) is 0. The average molecular weight is 274 g/mol. The predicted molar refractivity (Wildman–Crippen MR) is 68.6 cm³/mol. The lowest BCUT2D eigenvalue weighted by atomic mass is 10.0.